The number of hydrogen-bond acceptors (Lipinski definition) is 2. The van der Waals surface area contributed by atoms with E-state index >= 15 is 0 Å². The third-order valence-corrected chi connectivity index (χ3v) is 2.55. The van der Waals surface area contributed by atoms with Gasteiger partial charge in [-0.15, -0.1) is 0 Å². The van der Waals surface area contributed by atoms with Gasteiger partial charge in [-0.05, 0) is 18.1 Å². The van der Waals surface area contributed by atoms with Gasteiger partial charge in [0.25, 0.3) is 0 Å². The van der Waals surface area contributed by atoms with Crippen molar-refractivity contribution in [1.29, 1.82) is 0 Å². The lowest BCUT2D eigenvalue weighted by atomic mass is 9.97. The average Bonchev–Trinajstić information content (AvgIpc) is 2.39. The predicted molar refractivity (Wildman–Crippen MR) is 65.9 cm³/mol. The molecular weight excluding hydrogens is 198 g/mol. The van der Waals surface area contributed by atoms with Gasteiger partial charge in [0.2, 0.25) is 0 Å². The molecule has 0 amide bonds. The fourth-order valence-electron chi connectivity index (χ4n) is 1.72. The Morgan fingerprint density at radius 3 is 2.25 bits per heavy atom. The third-order valence-electron chi connectivity index (χ3n) is 2.55. The molecule has 0 aliphatic carbocycles. The van der Waals surface area contributed by atoms with Crippen LogP contribution in [0.1, 0.15) is 12.5 Å². The number of nitrogens with zero attached hydrogens (tertiary/aromatic N) is 1. The lowest BCUT2D eigenvalue weighted by Crippen LogP contribution is -1.97. The lowest BCUT2D eigenvalue weighted by molar-refractivity contribution is 0.319. The minimum absolute atomic E-state index is 0.624. The van der Waals surface area contributed by atoms with Crippen LogP contribution < -0.4 is 0 Å². The molecule has 2 rings (SSSR count). The van der Waals surface area contributed by atoms with Gasteiger partial charge in [-0.1, -0.05) is 59.8 Å². The summed E-state index contributed by atoms with van der Waals surface area (Å²) in [7, 11) is 0. The van der Waals surface area contributed by atoms with E-state index in [0.29, 0.717) is 5.71 Å². The molecular formula is C14H13NO. The molecule has 2 aromatic rings. The highest BCUT2D eigenvalue weighted by molar-refractivity contribution is 6.04. The molecule has 0 aliphatic rings. The van der Waals surface area contributed by atoms with Crippen LogP contribution >= 0.6 is 0 Å². The van der Waals surface area contributed by atoms with E-state index in [1.807, 2.05) is 54.6 Å². The largest absolute Gasteiger partial charge is 0.411 e. The Bertz CT molecular complexity index is 503. The molecule has 0 aromatic heterocycles. The van der Waals surface area contributed by atoms with Gasteiger partial charge < -0.3 is 5.21 Å². The van der Waals surface area contributed by atoms with Crippen LogP contribution in [0.5, 0.6) is 0 Å². The van der Waals surface area contributed by atoms with Crippen LogP contribution in [0.4, 0.5) is 0 Å². The maximum absolute atomic E-state index is 8.85. The zero-order chi connectivity index (χ0) is 11.4. The molecule has 2 heteroatoms. The topological polar surface area (TPSA) is 32.6 Å². The number of hydrogen-bond donors (Lipinski definition) is 1. The quantitative estimate of drug-likeness (QED) is 0.460. The van der Waals surface area contributed by atoms with Crippen LogP contribution in [0, 0.1) is 0 Å². The van der Waals surface area contributed by atoms with E-state index in [0.717, 1.165) is 16.7 Å². The van der Waals surface area contributed by atoms with E-state index in [1.165, 1.54) is 0 Å². The molecule has 0 fully saturated rings. The summed E-state index contributed by atoms with van der Waals surface area (Å²) in [4.78, 5) is 0. The number of oxime groups is 1. The van der Waals surface area contributed by atoms with Crippen LogP contribution in [-0.4, -0.2) is 10.9 Å². The van der Waals surface area contributed by atoms with Crippen molar-refractivity contribution < 1.29 is 5.21 Å². The molecule has 80 valence electrons. The first-order chi connectivity index (χ1) is 7.83. The van der Waals surface area contributed by atoms with Gasteiger partial charge in [-0.25, -0.2) is 0 Å². The molecule has 0 radical (unpaired) electrons. The summed E-state index contributed by atoms with van der Waals surface area (Å²) < 4.78 is 0. The Balaban J connectivity index is 2.58. The Hall–Kier alpha value is -2.09. The SMILES string of the molecule is C/C(=N/O)c1ccccc1-c1ccccc1. The summed E-state index contributed by atoms with van der Waals surface area (Å²) in [5.41, 5.74) is 3.79. The molecule has 0 unspecified atom stereocenters. The summed E-state index contributed by atoms with van der Waals surface area (Å²) in [6.45, 7) is 1.79. The Labute approximate surface area is 94.9 Å². The summed E-state index contributed by atoms with van der Waals surface area (Å²) in [6, 6.07) is 18.0. The van der Waals surface area contributed by atoms with Gasteiger partial charge in [-0.3, -0.25) is 0 Å². The van der Waals surface area contributed by atoms with Gasteiger partial charge in [0, 0.05) is 5.56 Å². The summed E-state index contributed by atoms with van der Waals surface area (Å²) in [6.07, 6.45) is 0. The second-order valence-corrected chi connectivity index (χ2v) is 3.60. The van der Waals surface area contributed by atoms with Crippen molar-refractivity contribution >= 4 is 5.71 Å². The molecule has 0 spiro atoms. The summed E-state index contributed by atoms with van der Waals surface area (Å²) in [5.74, 6) is 0. The van der Waals surface area contributed by atoms with Crippen molar-refractivity contribution in [3.8, 4) is 11.1 Å². The van der Waals surface area contributed by atoms with Crippen LogP contribution in [0.15, 0.2) is 59.8 Å². The lowest BCUT2D eigenvalue weighted by Gasteiger charge is -2.07. The first-order valence-corrected chi connectivity index (χ1v) is 5.16. The summed E-state index contributed by atoms with van der Waals surface area (Å²) in [5, 5.41) is 12.1. The van der Waals surface area contributed by atoms with Crippen LogP contribution in [0.25, 0.3) is 11.1 Å². The highest BCUT2D eigenvalue weighted by Gasteiger charge is 2.06. The Morgan fingerprint density at radius 2 is 1.56 bits per heavy atom. The third kappa shape index (κ3) is 1.96. The van der Waals surface area contributed by atoms with Gasteiger partial charge in [-0.2, -0.15) is 0 Å². The first-order valence-electron chi connectivity index (χ1n) is 5.16. The molecule has 16 heavy (non-hydrogen) atoms. The van der Waals surface area contributed by atoms with Crippen LogP contribution in [0.3, 0.4) is 0 Å². The first kappa shape index (κ1) is 10.4. The van der Waals surface area contributed by atoms with Crippen LogP contribution in [0.2, 0.25) is 0 Å². The number of benzene rings is 2. The Kier molecular flexibility index (Phi) is 3.01. The second-order valence-electron chi connectivity index (χ2n) is 3.60. The van der Waals surface area contributed by atoms with E-state index in [1.54, 1.807) is 6.92 Å². The molecule has 0 atom stereocenters. The maximum Gasteiger partial charge on any atom is 0.0843 e. The number of rotatable bonds is 2. The zero-order valence-electron chi connectivity index (χ0n) is 9.09. The van der Waals surface area contributed by atoms with Crippen molar-refractivity contribution in [2.45, 2.75) is 6.92 Å². The van der Waals surface area contributed by atoms with E-state index in [-0.39, 0.29) is 0 Å². The van der Waals surface area contributed by atoms with Crippen molar-refractivity contribution in [2.75, 3.05) is 0 Å². The highest BCUT2D eigenvalue weighted by Crippen LogP contribution is 2.23. The Morgan fingerprint density at radius 1 is 0.938 bits per heavy atom. The molecule has 0 saturated carbocycles. The van der Waals surface area contributed by atoms with Gasteiger partial charge in [0.15, 0.2) is 0 Å². The molecule has 2 aromatic carbocycles. The van der Waals surface area contributed by atoms with Crippen LogP contribution in [-0.2, 0) is 0 Å². The zero-order valence-corrected chi connectivity index (χ0v) is 9.09. The van der Waals surface area contributed by atoms with E-state index in [2.05, 4.69) is 5.16 Å². The molecule has 0 aliphatic heterocycles. The molecule has 0 saturated heterocycles. The van der Waals surface area contributed by atoms with E-state index in [4.69, 9.17) is 5.21 Å². The maximum atomic E-state index is 8.85. The normalized spacial score (nSPS) is 11.4. The average molecular weight is 211 g/mol. The fourth-order valence-corrected chi connectivity index (χ4v) is 1.72. The molecule has 0 heterocycles. The van der Waals surface area contributed by atoms with Gasteiger partial charge in [0.05, 0.1) is 5.71 Å². The fraction of sp³-hybridized carbons (Fsp3) is 0.0714. The van der Waals surface area contributed by atoms with Crippen molar-refractivity contribution in [3.05, 3.63) is 60.2 Å². The standard InChI is InChI=1S/C14H13NO/c1-11(15-16)13-9-5-6-10-14(13)12-7-3-2-4-8-12/h2-10,16H,1H3/b15-11-. The monoisotopic (exact) mass is 211 g/mol. The molecule has 1 N–H and O–H groups in total. The van der Waals surface area contributed by atoms with Crippen molar-refractivity contribution in [1.82, 2.24) is 0 Å². The second kappa shape index (κ2) is 4.62. The smallest absolute Gasteiger partial charge is 0.0843 e. The highest BCUT2D eigenvalue weighted by atomic mass is 16.4. The van der Waals surface area contributed by atoms with Gasteiger partial charge in [0.1, 0.15) is 0 Å². The van der Waals surface area contributed by atoms with Gasteiger partial charge >= 0.3 is 0 Å². The van der Waals surface area contributed by atoms with Crippen molar-refractivity contribution in [3.63, 3.8) is 0 Å². The summed E-state index contributed by atoms with van der Waals surface area (Å²) >= 11 is 0. The predicted octanol–water partition coefficient (Wildman–Crippen LogP) is 3.55. The molecule has 0 bridgehead atoms. The minimum Gasteiger partial charge on any atom is -0.411 e. The van der Waals surface area contributed by atoms with E-state index in [9.17, 15) is 0 Å². The van der Waals surface area contributed by atoms with E-state index < -0.39 is 0 Å². The minimum atomic E-state index is 0.624. The molecule has 2 nitrogen and oxygen atoms in total. The van der Waals surface area contributed by atoms with Crippen molar-refractivity contribution in [2.24, 2.45) is 5.16 Å².